The molecule has 5 heteroatoms. The van der Waals surface area contributed by atoms with Crippen LogP contribution in [-0.4, -0.2) is 23.5 Å². The van der Waals surface area contributed by atoms with E-state index in [1.165, 1.54) is 5.56 Å². The first-order chi connectivity index (χ1) is 10.2. The molecule has 1 aromatic heterocycles. The highest BCUT2D eigenvalue weighted by atomic mass is 35.5. The van der Waals surface area contributed by atoms with Crippen LogP contribution in [0.1, 0.15) is 16.8 Å². The highest BCUT2D eigenvalue weighted by molar-refractivity contribution is 6.32. The number of hydrogen-bond acceptors (Lipinski definition) is 4. The minimum Gasteiger partial charge on any atom is -0.495 e. The van der Waals surface area contributed by atoms with Gasteiger partial charge in [-0.05, 0) is 23.8 Å². The van der Waals surface area contributed by atoms with Crippen molar-refractivity contribution in [2.24, 2.45) is 0 Å². The largest absolute Gasteiger partial charge is 0.495 e. The van der Waals surface area contributed by atoms with Gasteiger partial charge in [-0.2, -0.15) is 0 Å². The van der Waals surface area contributed by atoms with E-state index in [2.05, 4.69) is 9.88 Å². The average Bonchev–Trinajstić information content (AvgIpc) is 2.48. The van der Waals surface area contributed by atoms with Gasteiger partial charge in [0, 0.05) is 49.2 Å². The number of benzene rings is 1. The van der Waals surface area contributed by atoms with E-state index in [9.17, 15) is 0 Å². The van der Waals surface area contributed by atoms with Crippen molar-refractivity contribution in [3.8, 4) is 5.75 Å². The van der Waals surface area contributed by atoms with Gasteiger partial charge in [-0.15, -0.1) is 0 Å². The second kappa shape index (κ2) is 5.92. The molecular formula is C16H18ClN3O. The minimum atomic E-state index is 0.647. The maximum Gasteiger partial charge on any atom is 0.137 e. The molecule has 0 amide bonds. The molecule has 2 N–H and O–H groups in total. The van der Waals surface area contributed by atoms with Crippen molar-refractivity contribution < 1.29 is 4.74 Å². The summed E-state index contributed by atoms with van der Waals surface area (Å²) in [5.74, 6) is 0.706. The van der Waals surface area contributed by atoms with Crippen LogP contribution in [-0.2, 0) is 19.5 Å². The Bertz CT molecular complexity index is 660. The summed E-state index contributed by atoms with van der Waals surface area (Å²) in [6.45, 7) is 2.66. The number of nitrogens with two attached hydrogens (primary N) is 1. The Morgan fingerprint density at radius 1 is 1.38 bits per heavy atom. The summed E-state index contributed by atoms with van der Waals surface area (Å²) in [6.07, 6.45) is 2.72. The van der Waals surface area contributed by atoms with Gasteiger partial charge in [0.2, 0.25) is 0 Å². The van der Waals surface area contributed by atoms with E-state index in [4.69, 9.17) is 22.1 Å². The van der Waals surface area contributed by atoms with Gasteiger partial charge >= 0.3 is 0 Å². The molecule has 2 heterocycles. The molecule has 1 aromatic carbocycles. The van der Waals surface area contributed by atoms with E-state index in [-0.39, 0.29) is 0 Å². The van der Waals surface area contributed by atoms with Crippen LogP contribution < -0.4 is 10.5 Å². The second-order valence-electron chi connectivity index (χ2n) is 5.25. The van der Waals surface area contributed by atoms with E-state index in [0.717, 1.165) is 43.0 Å². The van der Waals surface area contributed by atoms with E-state index in [0.29, 0.717) is 10.8 Å². The molecule has 0 spiro atoms. The summed E-state index contributed by atoms with van der Waals surface area (Å²) in [4.78, 5) is 6.77. The molecule has 0 fully saturated rings. The second-order valence-corrected chi connectivity index (χ2v) is 5.66. The van der Waals surface area contributed by atoms with Crippen LogP contribution in [0.5, 0.6) is 5.75 Å². The number of fused-ring (bicyclic) bond motifs is 1. The molecule has 0 aliphatic carbocycles. The minimum absolute atomic E-state index is 0.647. The fourth-order valence-corrected chi connectivity index (χ4v) is 3.00. The zero-order valence-electron chi connectivity index (χ0n) is 12.0. The monoisotopic (exact) mass is 303 g/mol. The Kier molecular flexibility index (Phi) is 3.99. The molecule has 2 aromatic rings. The Balaban J connectivity index is 1.75. The van der Waals surface area contributed by atoms with E-state index in [1.54, 1.807) is 13.3 Å². The number of anilines is 1. The molecule has 1 aliphatic rings. The van der Waals surface area contributed by atoms with Gasteiger partial charge in [0.25, 0.3) is 0 Å². The van der Waals surface area contributed by atoms with Gasteiger partial charge in [0.15, 0.2) is 0 Å². The van der Waals surface area contributed by atoms with Crippen LogP contribution >= 0.6 is 11.6 Å². The van der Waals surface area contributed by atoms with Crippen molar-refractivity contribution in [3.05, 3.63) is 52.3 Å². The van der Waals surface area contributed by atoms with Crippen molar-refractivity contribution in [2.75, 3.05) is 19.4 Å². The van der Waals surface area contributed by atoms with E-state index in [1.807, 2.05) is 24.3 Å². The van der Waals surface area contributed by atoms with Gasteiger partial charge in [-0.1, -0.05) is 17.7 Å². The van der Waals surface area contributed by atoms with Crippen LogP contribution in [0.15, 0.2) is 30.5 Å². The smallest absolute Gasteiger partial charge is 0.137 e. The predicted octanol–water partition coefficient (Wildman–Crippen LogP) is 2.88. The van der Waals surface area contributed by atoms with E-state index < -0.39 is 0 Å². The maximum atomic E-state index is 6.18. The van der Waals surface area contributed by atoms with Crippen molar-refractivity contribution in [3.63, 3.8) is 0 Å². The van der Waals surface area contributed by atoms with Gasteiger partial charge < -0.3 is 10.5 Å². The number of nitrogen functional groups attached to an aromatic ring is 1. The van der Waals surface area contributed by atoms with E-state index >= 15 is 0 Å². The SMILES string of the molecule is COc1ccc(CN2CCc3nccc(N)c3C2)cc1Cl. The molecule has 0 radical (unpaired) electrons. The third-order valence-electron chi connectivity index (χ3n) is 3.85. The number of nitrogens with zero attached hydrogens (tertiary/aromatic N) is 2. The molecule has 1 aliphatic heterocycles. The molecule has 21 heavy (non-hydrogen) atoms. The Morgan fingerprint density at radius 3 is 3.00 bits per heavy atom. The zero-order valence-corrected chi connectivity index (χ0v) is 12.7. The number of methoxy groups -OCH3 is 1. The van der Waals surface area contributed by atoms with Crippen LogP contribution in [0.25, 0.3) is 0 Å². The summed E-state index contributed by atoms with van der Waals surface area (Å²) < 4.78 is 5.18. The number of ether oxygens (including phenoxy) is 1. The summed E-state index contributed by atoms with van der Waals surface area (Å²) in [5.41, 5.74) is 10.3. The van der Waals surface area contributed by atoms with Crippen LogP contribution in [0.4, 0.5) is 5.69 Å². The topological polar surface area (TPSA) is 51.4 Å². The summed E-state index contributed by atoms with van der Waals surface area (Å²) in [5, 5.41) is 0.647. The summed E-state index contributed by atoms with van der Waals surface area (Å²) in [6, 6.07) is 7.79. The fraction of sp³-hybridized carbons (Fsp3) is 0.312. The van der Waals surface area contributed by atoms with Gasteiger partial charge in [0.05, 0.1) is 12.1 Å². The number of rotatable bonds is 3. The molecule has 110 valence electrons. The highest BCUT2D eigenvalue weighted by Crippen LogP contribution is 2.27. The van der Waals surface area contributed by atoms with Crippen LogP contribution in [0.3, 0.4) is 0 Å². The Morgan fingerprint density at radius 2 is 2.24 bits per heavy atom. The molecule has 0 unspecified atom stereocenters. The lowest BCUT2D eigenvalue weighted by Crippen LogP contribution is -2.31. The highest BCUT2D eigenvalue weighted by Gasteiger charge is 2.19. The first-order valence-electron chi connectivity index (χ1n) is 6.94. The molecule has 0 atom stereocenters. The third kappa shape index (κ3) is 2.96. The van der Waals surface area contributed by atoms with Crippen LogP contribution in [0.2, 0.25) is 5.02 Å². The summed E-state index contributed by atoms with van der Waals surface area (Å²) >= 11 is 6.18. The Labute approximate surface area is 129 Å². The fourth-order valence-electron chi connectivity index (χ4n) is 2.72. The molecule has 0 saturated carbocycles. The molecule has 3 rings (SSSR count). The van der Waals surface area contributed by atoms with Gasteiger partial charge in [0.1, 0.15) is 5.75 Å². The molecule has 0 saturated heterocycles. The van der Waals surface area contributed by atoms with Gasteiger partial charge in [-0.3, -0.25) is 9.88 Å². The quantitative estimate of drug-likeness (QED) is 0.947. The lowest BCUT2D eigenvalue weighted by atomic mass is 10.0. The molecular weight excluding hydrogens is 286 g/mol. The molecule has 0 bridgehead atoms. The number of halogens is 1. The standard InChI is InChI=1S/C16H18ClN3O/c1-21-16-3-2-11(8-13(16)17)9-20-7-5-15-12(10-20)14(18)4-6-19-15/h2-4,6,8H,5,7,9-10H2,1H3,(H2,18,19). The van der Waals surface area contributed by atoms with Gasteiger partial charge in [-0.25, -0.2) is 0 Å². The molecule has 4 nitrogen and oxygen atoms in total. The average molecular weight is 304 g/mol. The van der Waals surface area contributed by atoms with Crippen molar-refractivity contribution >= 4 is 17.3 Å². The van der Waals surface area contributed by atoms with Crippen molar-refractivity contribution in [1.82, 2.24) is 9.88 Å². The first kappa shape index (κ1) is 14.2. The third-order valence-corrected chi connectivity index (χ3v) is 4.15. The summed E-state index contributed by atoms with van der Waals surface area (Å²) in [7, 11) is 1.62. The van der Waals surface area contributed by atoms with Crippen molar-refractivity contribution in [1.29, 1.82) is 0 Å². The normalized spacial score (nSPS) is 14.8. The maximum absolute atomic E-state index is 6.18. The first-order valence-corrected chi connectivity index (χ1v) is 7.32. The lowest BCUT2D eigenvalue weighted by molar-refractivity contribution is 0.244. The predicted molar refractivity (Wildman–Crippen MR) is 84.5 cm³/mol. The zero-order chi connectivity index (χ0) is 14.8. The lowest BCUT2D eigenvalue weighted by Gasteiger charge is -2.29. The van der Waals surface area contributed by atoms with Crippen LogP contribution in [0, 0.1) is 0 Å². The number of aromatic nitrogens is 1. The number of pyridine rings is 1. The number of hydrogen-bond donors (Lipinski definition) is 1. The Hall–Kier alpha value is -1.78. The van der Waals surface area contributed by atoms with Crippen molar-refractivity contribution in [2.45, 2.75) is 19.5 Å².